The first-order chi connectivity index (χ1) is 12.2. The van der Waals surface area contributed by atoms with Crippen LogP contribution in [0, 0.1) is 5.92 Å². The molecule has 0 saturated carbocycles. The molecule has 0 aromatic carbocycles. The van der Waals surface area contributed by atoms with Gasteiger partial charge in [0.05, 0.1) is 6.10 Å². The molecule has 0 spiro atoms. The molecule has 0 amide bonds. The first kappa shape index (κ1) is 21.0. The number of aliphatic hydroxyl groups excluding tert-OH is 1. The Bertz CT molecular complexity index is 550. The Labute approximate surface area is 151 Å². The fraction of sp³-hybridized carbons (Fsp3) is 0.455. The number of ketones is 1. The molecule has 0 bridgehead atoms. The summed E-state index contributed by atoms with van der Waals surface area (Å²) in [5.41, 5.74) is 0.772. The van der Waals surface area contributed by atoms with Crippen molar-refractivity contribution >= 4 is 12.1 Å². The molecule has 0 saturated heterocycles. The van der Waals surface area contributed by atoms with E-state index in [-0.39, 0.29) is 11.7 Å². The highest BCUT2D eigenvalue weighted by molar-refractivity contribution is 6.07. The molecule has 2 atom stereocenters. The Kier molecular flexibility index (Phi) is 11.2. The minimum Gasteiger partial charge on any atom is -0.392 e. The third-order valence-corrected chi connectivity index (χ3v) is 4.03. The van der Waals surface area contributed by atoms with E-state index in [4.69, 9.17) is 0 Å². The molecule has 136 valence electrons. The van der Waals surface area contributed by atoms with Gasteiger partial charge in [0.15, 0.2) is 5.78 Å². The number of carbonyl (C=O) groups excluding carboxylic acids is 2. The third kappa shape index (κ3) is 9.16. The summed E-state index contributed by atoms with van der Waals surface area (Å²) in [6, 6.07) is 0. The van der Waals surface area contributed by atoms with E-state index in [9.17, 15) is 14.7 Å². The molecule has 3 nitrogen and oxygen atoms in total. The van der Waals surface area contributed by atoms with Gasteiger partial charge in [0.25, 0.3) is 0 Å². The number of hydrogen-bond acceptors (Lipinski definition) is 3. The van der Waals surface area contributed by atoms with Crippen LogP contribution in [-0.2, 0) is 9.59 Å². The molecule has 1 aliphatic carbocycles. The van der Waals surface area contributed by atoms with E-state index in [1.807, 2.05) is 30.4 Å². The summed E-state index contributed by atoms with van der Waals surface area (Å²) in [4.78, 5) is 22.2. The molecular formula is C22H30O3. The maximum absolute atomic E-state index is 12.0. The van der Waals surface area contributed by atoms with Crippen molar-refractivity contribution in [3.05, 3.63) is 60.3 Å². The van der Waals surface area contributed by atoms with Gasteiger partial charge in [-0.25, -0.2) is 0 Å². The van der Waals surface area contributed by atoms with Gasteiger partial charge in [-0.3, -0.25) is 4.79 Å². The van der Waals surface area contributed by atoms with E-state index in [1.165, 1.54) is 0 Å². The smallest absolute Gasteiger partial charge is 0.181 e. The van der Waals surface area contributed by atoms with Crippen LogP contribution in [0.25, 0.3) is 0 Å². The predicted octanol–water partition coefficient (Wildman–Crippen LogP) is 4.65. The standard InChI is InChI=1S/C22H30O3/c1-2-3-4-5-6-10-13-20(24)15-16-21-19(14-17-22(21)25)12-9-7-8-11-18-23/h3-4,6-7,9-10,14,16-20,24H,2,5,8,11-13,15H2,1H3/b4-3-,9-7-,10-6-,21-16+/t19-,20-/m0/s1. The lowest BCUT2D eigenvalue weighted by Gasteiger charge is -2.09. The van der Waals surface area contributed by atoms with Gasteiger partial charge in [0.1, 0.15) is 6.29 Å². The van der Waals surface area contributed by atoms with Crippen molar-refractivity contribution in [2.75, 3.05) is 0 Å². The molecule has 0 unspecified atom stereocenters. The summed E-state index contributed by atoms with van der Waals surface area (Å²) in [6.45, 7) is 2.10. The number of hydrogen-bond donors (Lipinski definition) is 1. The number of unbranched alkanes of at least 4 members (excludes halogenated alkanes) is 1. The SMILES string of the molecule is CC/C=C\C/C=C\C[C@H](O)C/C=C1/C(=O)C=C[C@@H]1C/C=C\CCC=O. The highest BCUT2D eigenvalue weighted by atomic mass is 16.3. The topological polar surface area (TPSA) is 54.4 Å². The summed E-state index contributed by atoms with van der Waals surface area (Å²) in [5.74, 6) is 0.126. The monoisotopic (exact) mass is 342 g/mol. The van der Waals surface area contributed by atoms with Gasteiger partial charge >= 0.3 is 0 Å². The average molecular weight is 342 g/mol. The summed E-state index contributed by atoms with van der Waals surface area (Å²) < 4.78 is 0. The zero-order valence-electron chi connectivity index (χ0n) is 15.1. The second-order valence-electron chi connectivity index (χ2n) is 6.15. The molecule has 3 heteroatoms. The predicted molar refractivity (Wildman–Crippen MR) is 103 cm³/mol. The van der Waals surface area contributed by atoms with Crippen LogP contribution in [0.3, 0.4) is 0 Å². The van der Waals surface area contributed by atoms with Gasteiger partial charge in [-0.05, 0) is 44.6 Å². The average Bonchev–Trinajstić information content (AvgIpc) is 2.96. The van der Waals surface area contributed by atoms with E-state index in [0.717, 1.165) is 37.5 Å². The van der Waals surface area contributed by atoms with Crippen molar-refractivity contribution in [3.63, 3.8) is 0 Å². The Hall–Kier alpha value is -2.00. The summed E-state index contributed by atoms with van der Waals surface area (Å²) in [7, 11) is 0. The van der Waals surface area contributed by atoms with Crippen molar-refractivity contribution < 1.29 is 14.7 Å². The fourth-order valence-corrected chi connectivity index (χ4v) is 2.62. The van der Waals surface area contributed by atoms with Crippen LogP contribution in [0.4, 0.5) is 0 Å². The lowest BCUT2D eigenvalue weighted by atomic mass is 9.96. The van der Waals surface area contributed by atoms with Gasteiger partial charge in [-0.2, -0.15) is 0 Å². The van der Waals surface area contributed by atoms with Crippen molar-refractivity contribution in [1.82, 2.24) is 0 Å². The van der Waals surface area contributed by atoms with Crippen LogP contribution in [0.1, 0.15) is 51.9 Å². The maximum atomic E-state index is 12.0. The van der Waals surface area contributed by atoms with Crippen LogP contribution in [0.15, 0.2) is 60.3 Å². The Balaban J connectivity index is 2.42. The number of rotatable bonds is 12. The highest BCUT2D eigenvalue weighted by Crippen LogP contribution is 2.26. The van der Waals surface area contributed by atoms with Gasteiger partial charge in [0, 0.05) is 17.9 Å². The zero-order valence-corrected chi connectivity index (χ0v) is 15.1. The molecule has 25 heavy (non-hydrogen) atoms. The number of carbonyl (C=O) groups is 2. The van der Waals surface area contributed by atoms with E-state index in [0.29, 0.717) is 19.3 Å². The summed E-state index contributed by atoms with van der Waals surface area (Å²) in [6.07, 6.45) is 23.2. The molecule has 0 aromatic heterocycles. The van der Waals surface area contributed by atoms with Crippen molar-refractivity contribution in [2.24, 2.45) is 5.92 Å². The minimum absolute atomic E-state index is 0.0405. The van der Waals surface area contributed by atoms with Crippen LogP contribution in [0.5, 0.6) is 0 Å². The molecule has 1 aliphatic rings. The lowest BCUT2D eigenvalue weighted by Crippen LogP contribution is -2.07. The molecule has 1 N–H and O–H groups in total. The Morgan fingerprint density at radius 1 is 1.08 bits per heavy atom. The van der Waals surface area contributed by atoms with Crippen molar-refractivity contribution in [2.45, 2.75) is 58.0 Å². The maximum Gasteiger partial charge on any atom is 0.181 e. The van der Waals surface area contributed by atoms with Crippen LogP contribution in [0.2, 0.25) is 0 Å². The first-order valence-corrected chi connectivity index (χ1v) is 9.18. The number of allylic oxidation sites excluding steroid dienone is 8. The molecule has 0 aromatic rings. The zero-order chi connectivity index (χ0) is 18.3. The van der Waals surface area contributed by atoms with Gasteiger partial charge in [-0.15, -0.1) is 0 Å². The molecule has 0 radical (unpaired) electrons. The lowest BCUT2D eigenvalue weighted by molar-refractivity contribution is -0.111. The Morgan fingerprint density at radius 2 is 1.88 bits per heavy atom. The first-order valence-electron chi connectivity index (χ1n) is 9.18. The van der Waals surface area contributed by atoms with E-state index in [1.54, 1.807) is 6.08 Å². The highest BCUT2D eigenvalue weighted by Gasteiger charge is 2.21. The van der Waals surface area contributed by atoms with Gasteiger partial charge in [-0.1, -0.05) is 55.5 Å². The second kappa shape index (κ2) is 13.3. The summed E-state index contributed by atoms with van der Waals surface area (Å²) in [5, 5.41) is 10.1. The molecule has 0 fully saturated rings. The largest absolute Gasteiger partial charge is 0.392 e. The normalized spacial score (nSPS) is 20.6. The molecular weight excluding hydrogens is 312 g/mol. The van der Waals surface area contributed by atoms with Crippen LogP contribution in [-0.4, -0.2) is 23.3 Å². The van der Waals surface area contributed by atoms with E-state index >= 15 is 0 Å². The summed E-state index contributed by atoms with van der Waals surface area (Å²) >= 11 is 0. The molecule has 0 aliphatic heterocycles. The third-order valence-electron chi connectivity index (χ3n) is 4.03. The fourth-order valence-electron chi connectivity index (χ4n) is 2.62. The Morgan fingerprint density at radius 3 is 2.64 bits per heavy atom. The van der Waals surface area contributed by atoms with E-state index < -0.39 is 6.10 Å². The second-order valence-corrected chi connectivity index (χ2v) is 6.15. The quantitative estimate of drug-likeness (QED) is 0.243. The van der Waals surface area contributed by atoms with E-state index in [2.05, 4.69) is 25.2 Å². The van der Waals surface area contributed by atoms with Crippen LogP contribution < -0.4 is 0 Å². The molecule has 0 heterocycles. The van der Waals surface area contributed by atoms with Crippen molar-refractivity contribution in [1.29, 1.82) is 0 Å². The molecule has 1 rings (SSSR count). The minimum atomic E-state index is -0.462. The number of aldehydes is 1. The van der Waals surface area contributed by atoms with Gasteiger partial charge < -0.3 is 9.90 Å². The number of aliphatic hydroxyl groups is 1. The van der Waals surface area contributed by atoms with Gasteiger partial charge in [0.2, 0.25) is 0 Å². The van der Waals surface area contributed by atoms with Crippen molar-refractivity contribution in [3.8, 4) is 0 Å². The van der Waals surface area contributed by atoms with Crippen LogP contribution >= 0.6 is 0 Å².